The van der Waals surface area contributed by atoms with Crippen molar-refractivity contribution >= 4 is 11.9 Å². The molecule has 1 saturated heterocycles. The quantitative estimate of drug-likeness (QED) is 0.827. The van der Waals surface area contributed by atoms with E-state index in [0.717, 1.165) is 0 Å². The smallest absolute Gasteiger partial charge is 0.338 e. The Hall–Kier alpha value is -2.70. The summed E-state index contributed by atoms with van der Waals surface area (Å²) in [5.41, 5.74) is 0.788. The molecule has 2 unspecified atom stereocenters. The third-order valence-electron chi connectivity index (χ3n) is 4.21. The fourth-order valence-electron chi connectivity index (χ4n) is 2.78. The minimum absolute atomic E-state index is 0.123. The van der Waals surface area contributed by atoms with Gasteiger partial charge in [-0.1, -0.05) is 36.4 Å². The summed E-state index contributed by atoms with van der Waals surface area (Å²) >= 11 is 0. The van der Waals surface area contributed by atoms with Crippen molar-refractivity contribution in [3.8, 4) is 0 Å². The van der Waals surface area contributed by atoms with E-state index in [2.05, 4.69) is 0 Å². The molecule has 1 aliphatic rings. The zero-order valence-electron chi connectivity index (χ0n) is 14.3. The molecule has 1 heterocycles. The van der Waals surface area contributed by atoms with Crippen LogP contribution >= 0.6 is 0 Å². The third kappa shape index (κ3) is 4.09. The Morgan fingerprint density at radius 2 is 1.50 bits per heavy atom. The number of aliphatic hydroxyl groups is 1. The predicted octanol–water partition coefficient (Wildman–Crippen LogP) is 2.22. The maximum absolute atomic E-state index is 12.3. The lowest BCUT2D eigenvalue weighted by Gasteiger charge is -2.20. The van der Waals surface area contributed by atoms with Gasteiger partial charge in [-0.25, -0.2) is 9.59 Å². The van der Waals surface area contributed by atoms with Crippen molar-refractivity contribution in [1.29, 1.82) is 0 Å². The Morgan fingerprint density at radius 1 is 0.962 bits per heavy atom. The summed E-state index contributed by atoms with van der Waals surface area (Å²) in [6, 6.07) is 17.0. The van der Waals surface area contributed by atoms with Crippen LogP contribution in [0.2, 0.25) is 0 Å². The van der Waals surface area contributed by atoms with Crippen molar-refractivity contribution in [2.45, 2.75) is 31.3 Å². The van der Waals surface area contributed by atoms with Crippen molar-refractivity contribution < 1.29 is 28.9 Å². The second-order valence-corrected chi connectivity index (χ2v) is 6.07. The number of esters is 2. The average Bonchev–Trinajstić information content (AvgIpc) is 2.95. The van der Waals surface area contributed by atoms with E-state index in [9.17, 15) is 14.7 Å². The third-order valence-corrected chi connectivity index (χ3v) is 4.21. The monoisotopic (exact) mass is 356 g/mol. The average molecular weight is 356 g/mol. The highest BCUT2D eigenvalue weighted by Gasteiger charge is 2.44. The van der Waals surface area contributed by atoms with Crippen molar-refractivity contribution in [3.63, 3.8) is 0 Å². The molecule has 6 nitrogen and oxygen atoms in total. The van der Waals surface area contributed by atoms with Crippen molar-refractivity contribution in [3.05, 3.63) is 71.8 Å². The van der Waals surface area contributed by atoms with E-state index >= 15 is 0 Å². The van der Waals surface area contributed by atoms with Gasteiger partial charge in [-0.15, -0.1) is 0 Å². The highest BCUT2D eigenvalue weighted by atomic mass is 16.6. The number of aliphatic hydroxyl groups excluding tert-OH is 1. The Kier molecular flexibility index (Phi) is 5.65. The first-order valence-corrected chi connectivity index (χ1v) is 8.38. The van der Waals surface area contributed by atoms with Crippen LogP contribution in [-0.4, -0.2) is 48.1 Å². The number of rotatable bonds is 5. The molecule has 1 N–H and O–H groups in total. The molecule has 136 valence electrons. The van der Waals surface area contributed by atoms with Crippen LogP contribution in [0.25, 0.3) is 0 Å². The number of carbonyl (C=O) groups excluding carboxylic acids is 2. The molecule has 3 rings (SSSR count). The van der Waals surface area contributed by atoms with Crippen molar-refractivity contribution in [2.75, 3.05) is 6.61 Å². The van der Waals surface area contributed by atoms with Crippen LogP contribution in [0.4, 0.5) is 0 Å². The van der Waals surface area contributed by atoms with Gasteiger partial charge in [-0.3, -0.25) is 0 Å². The maximum Gasteiger partial charge on any atom is 0.338 e. The van der Waals surface area contributed by atoms with E-state index in [0.29, 0.717) is 11.1 Å². The van der Waals surface area contributed by atoms with Crippen LogP contribution in [0.3, 0.4) is 0 Å². The van der Waals surface area contributed by atoms with Crippen molar-refractivity contribution in [2.24, 2.45) is 0 Å². The van der Waals surface area contributed by atoms with Crippen LogP contribution in [0.15, 0.2) is 60.7 Å². The zero-order chi connectivity index (χ0) is 18.5. The summed E-state index contributed by atoms with van der Waals surface area (Å²) in [5, 5.41) is 10.3. The highest BCUT2D eigenvalue weighted by molar-refractivity contribution is 5.90. The van der Waals surface area contributed by atoms with Crippen LogP contribution in [-0.2, 0) is 14.2 Å². The van der Waals surface area contributed by atoms with Crippen LogP contribution in [0.1, 0.15) is 27.6 Å². The van der Waals surface area contributed by atoms with E-state index in [1.807, 2.05) is 0 Å². The van der Waals surface area contributed by atoms with Gasteiger partial charge >= 0.3 is 11.9 Å². The molecule has 1 fully saturated rings. The summed E-state index contributed by atoms with van der Waals surface area (Å²) in [7, 11) is 0. The van der Waals surface area contributed by atoms with Crippen LogP contribution in [0.5, 0.6) is 0 Å². The lowest BCUT2D eigenvalue weighted by Crippen LogP contribution is -2.38. The van der Waals surface area contributed by atoms with Gasteiger partial charge in [0.05, 0.1) is 17.2 Å². The Bertz CT molecular complexity index is 745. The van der Waals surface area contributed by atoms with Gasteiger partial charge in [-0.2, -0.15) is 0 Å². The second kappa shape index (κ2) is 8.12. The summed E-state index contributed by atoms with van der Waals surface area (Å²) in [4.78, 5) is 24.3. The van der Waals surface area contributed by atoms with Crippen LogP contribution in [0, 0.1) is 0 Å². The fourth-order valence-corrected chi connectivity index (χ4v) is 2.78. The second-order valence-electron chi connectivity index (χ2n) is 6.07. The maximum atomic E-state index is 12.3. The lowest BCUT2D eigenvalue weighted by atomic mass is 10.1. The molecule has 2 aromatic rings. The highest BCUT2D eigenvalue weighted by Crippen LogP contribution is 2.25. The van der Waals surface area contributed by atoms with Gasteiger partial charge in [0.1, 0.15) is 18.8 Å². The molecule has 0 bridgehead atoms. The molecule has 1 aliphatic heterocycles. The molecular formula is C20H20O6. The minimum Gasteiger partial charge on any atom is -0.459 e. The first-order valence-electron chi connectivity index (χ1n) is 8.38. The Morgan fingerprint density at radius 3 is 2.08 bits per heavy atom. The van der Waals surface area contributed by atoms with Gasteiger partial charge in [0, 0.05) is 0 Å². The molecule has 4 atom stereocenters. The number of ether oxygens (including phenoxy) is 3. The summed E-state index contributed by atoms with van der Waals surface area (Å²) in [5.74, 6) is -1.07. The van der Waals surface area contributed by atoms with E-state index in [1.54, 1.807) is 67.6 Å². The molecule has 0 saturated carbocycles. The zero-order valence-corrected chi connectivity index (χ0v) is 14.3. The summed E-state index contributed by atoms with van der Waals surface area (Å²) in [6.07, 6.45) is -3.19. The largest absolute Gasteiger partial charge is 0.459 e. The first-order chi connectivity index (χ1) is 12.6. The normalized spacial score (nSPS) is 24.8. The van der Waals surface area contributed by atoms with Gasteiger partial charge in [-0.05, 0) is 31.2 Å². The van der Waals surface area contributed by atoms with E-state index in [1.165, 1.54) is 0 Å². The van der Waals surface area contributed by atoms with Gasteiger partial charge in [0.15, 0.2) is 6.10 Å². The fraction of sp³-hybridized carbons (Fsp3) is 0.300. The van der Waals surface area contributed by atoms with E-state index in [4.69, 9.17) is 14.2 Å². The SMILES string of the molecule is C[C@H]1O[C@@H](COC(=O)c2ccccc2)C(OC(=O)c2ccccc2)C1O. The standard InChI is InChI=1S/C20H20O6/c1-13-17(21)18(26-20(23)15-10-6-3-7-11-15)16(25-13)12-24-19(22)14-8-4-2-5-9-14/h2-11,13,16-18,21H,12H2,1H3/t13-,16+,17?,18?/m1/s1. The molecule has 26 heavy (non-hydrogen) atoms. The summed E-state index contributed by atoms with van der Waals surface area (Å²) < 4.78 is 16.3. The number of carbonyl (C=O) groups is 2. The Balaban J connectivity index is 1.63. The molecule has 6 heteroatoms. The molecule has 0 aliphatic carbocycles. The van der Waals surface area contributed by atoms with E-state index in [-0.39, 0.29) is 6.61 Å². The molecule has 0 amide bonds. The predicted molar refractivity (Wildman–Crippen MR) is 92.7 cm³/mol. The number of benzene rings is 2. The first kappa shape index (κ1) is 18.1. The topological polar surface area (TPSA) is 82.1 Å². The van der Waals surface area contributed by atoms with Crippen LogP contribution < -0.4 is 0 Å². The van der Waals surface area contributed by atoms with Crippen molar-refractivity contribution in [1.82, 2.24) is 0 Å². The summed E-state index contributed by atoms with van der Waals surface area (Å²) in [6.45, 7) is 1.55. The molecule has 2 aromatic carbocycles. The molecule has 0 aromatic heterocycles. The molecule has 0 spiro atoms. The molecule has 0 radical (unpaired) electrons. The number of hydrogen-bond donors (Lipinski definition) is 1. The molecular weight excluding hydrogens is 336 g/mol. The van der Waals surface area contributed by atoms with Gasteiger partial charge in [0.2, 0.25) is 0 Å². The van der Waals surface area contributed by atoms with Gasteiger partial charge in [0.25, 0.3) is 0 Å². The van der Waals surface area contributed by atoms with Gasteiger partial charge < -0.3 is 19.3 Å². The number of hydrogen-bond acceptors (Lipinski definition) is 6. The Labute approximate surface area is 151 Å². The minimum atomic E-state index is -0.997. The van der Waals surface area contributed by atoms with E-state index < -0.39 is 36.4 Å². The lowest BCUT2D eigenvalue weighted by molar-refractivity contribution is -0.0418.